The standard InChI is InChI=1S/C41H28Br2N2O2/c42-34-13-5-11-30(21-34)36-23-41(47,33-18-17-27-8-2-4-10-29(27)20-33)38(39(46)32-16-15-26-7-1-3-9-28(26)19-32)37(40(36,24-44)25-45)31-12-6-14-35(43)22-31/h1-22,36-38,47H,23H2. The number of hydrogen-bond acceptors (Lipinski definition) is 4. The van der Waals surface area contributed by atoms with Gasteiger partial charge in [0.1, 0.15) is 5.60 Å². The van der Waals surface area contributed by atoms with Crippen LogP contribution in [0.1, 0.15) is 45.3 Å². The van der Waals surface area contributed by atoms with Crippen molar-refractivity contribution in [2.75, 3.05) is 0 Å². The molecule has 6 heteroatoms. The topological polar surface area (TPSA) is 84.9 Å². The van der Waals surface area contributed by atoms with Crippen LogP contribution in [0, 0.1) is 34.0 Å². The molecule has 7 rings (SSSR count). The molecule has 6 aromatic rings. The maximum atomic E-state index is 15.2. The first-order valence-corrected chi connectivity index (χ1v) is 16.9. The van der Waals surface area contributed by atoms with E-state index in [1.54, 1.807) is 6.07 Å². The lowest BCUT2D eigenvalue weighted by Crippen LogP contribution is -2.55. The van der Waals surface area contributed by atoms with Gasteiger partial charge in [-0.1, -0.05) is 129 Å². The number of ketones is 1. The smallest absolute Gasteiger partial charge is 0.169 e. The molecule has 4 atom stereocenters. The Morgan fingerprint density at radius 3 is 1.83 bits per heavy atom. The van der Waals surface area contributed by atoms with Crippen LogP contribution in [0.2, 0.25) is 0 Å². The number of Topliss-reactive ketones (excluding diaryl/α,β-unsaturated/α-hetero) is 1. The molecule has 1 aliphatic rings. The molecular formula is C41H28Br2N2O2. The minimum atomic E-state index is -1.76. The molecule has 1 aliphatic carbocycles. The number of halogens is 2. The summed E-state index contributed by atoms with van der Waals surface area (Å²) in [6.07, 6.45) is -0.0165. The van der Waals surface area contributed by atoms with Gasteiger partial charge in [0.15, 0.2) is 11.2 Å². The Labute approximate surface area is 290 Å². The van der Waals surface area contributed by atoms with Crippen LogP contribution < -0.4 is 0 Å². The summed E-state index contributed by atoms with van der Waals surface area (Å²) in [6, 6.07) is 46.9. The molecule has 0 aliphatic heterocycles. The van der Waals surface area contributed by atoms with Gasteiger partial charge >= 0.3 is 0 Å². The minimum Gasteiger partial charge on any atom is -0.384 e. The van der Waals surface area contributed by atoms with Gasteiger partial charge in [-0.05, 0) is 81.1 Å². The number of nitrogens with zero attached hydrogens (tertiary/aromatic N) is 2. The third-order valence-corrected chi connectivity index (χ3v) is 10.8. The van der Waals surface area contributed by atoms with Gasteiger partial charge < -0.3 is 5.11 Å². The predicted molar refractivity (Wildman–Crippen MR) is 192 cm³/mol. The van der Waals surface area contributed by atoms with Crippen molar-refractivity contribution in [3.63, 3.8) is 0 Å². The van der Waals surface area contributed by atoms with Crippen LogP contribution in [0.3, 0.4) is 0 Å². The number of hydrogen-bond donors (Lipinski definition) is 1. The van der Waals surface area contributed by atoms with E-state index in [-0.39, 0.29) is 12.2 Å². The molecule has 4 unspecified atom stereocenters. The minimum absolute atomic E-state index is 0.0165. The zero-order valence-corrected chi connectivity index (χ0v) is 28.3. The Morgan fingerprint density at radius 2 is 1.21 bits per heavy atom. The van der Waals surface area contributed by atoms with E-state index < -0.39 is 28.8 Å². The zero-order chi connectivity index (χ0) is 32.8. The van der Waals surface area contributed by atoms with Gasteiger partial charge in [0.2, 0.25) is 0 Å². The average Bonchev–Trinajstić information content (AvgIpc) is 3.10. The summed E-state index contributed by atoms with van der Waals surface area (Å²) < 4.78 is 1.54. The Balaban J connectivity index is 1.55. The summed E-state index contributed by atoms with van der Waals surface area (Å²) in [5.41, 5.74) is -1.12. The van der Waals surface area contributed by atoms with Crippen LogP contribution in [0.4, 0.5) is 0 Å². The number of rotatable bonds is 5. The van der Waals surface area contributed by atoms with Crippen molar-refractivity contribution >= 4 is 59.2 Å². The van der Waals surface area contributed by atoms with Crippen LogP contribution in [0.5, 0.6) is 0 Å². The highest BCUT2D eigenvalue weighted by molar-refractivity contribution is 9.10. The molecule has 1 N–H and O–H groups in total. The van der Waals surface area contributed by atoms with Crippen molar-refractivity contribution < 1.29 is 9.90 Å². The molecule has 1 fully saturated rings. The Kier molecular flexibility index (Phi) is 8.06. The second kappa shape index (κ2) is 12.2. The first-order chi connectivity index (χ1) is 22.8. The average molecular weight is 740 g/mol. The monoisotopic (exact) mass is 738 g/mol. The number of carbonyl (C=O) groups is 1. The molecule has 1 saturated carbocycles. The number of benzene rings is 6. The Hall–Kier alpha value is -4.59. The van der Waals surface area contributed by atoms with Crippen molar-refractivity contribution in [2.45, 2.75) is 23.9 Å². The van der Waals surface area contributed by atoms with Crippen LogP contribution in [0.25, 0.3) is 21.5 Å². The fourth-order valence-corrected chi connectivity index (χ4v) is 8.41. The third kappa shape index (κ3) is 5.28. The highest BCUT2D eigenvalue weighted by Gasteiger charge is 2.64. The molecule has 0 spiro atoms. The zero-order valence-electron chi connectivity index (χ0n) is 25.1. The van der Waals surface area contributed by atoms with Gasteiger partial charge in [-0.3, -0.25) is 4.79 Å². The van der Waals surface area contributed by atoms with E-state index in [4.69, 9.17) is 0 Å². The lowest BCUT2D eigenvalue weighted by molar-refractivity contribution is -0.0782. The van der Waals surface area contributed by atoms with Crippen LogP contribution in [-0.4, -0.2) is 10.9 Å². The Bertz CT molecular complexity index is 2250. The normalized spacial score (nSPS) is 21.9. The molecule has 47 heavy (non-hydrogen) atoms. The SMILES string of the molecule is N#CC1(C#N)C(c2cccc(Br)c2)CC(O)(c2ccc3ccccc3c2)C(C(=O)c2ccc3ccccc3c2)C1c1cccc(Br)c1. The van der Waals surface area contributed by atoms with Gasteiger partial charge in [0.25, 0.3) is 0 Å². The van der Waals surface area contributed by atoms with Crippen molar-refractivity contribution in [1.82, 2.24) is 0 Å². The quantitative estimate of drug-likeness (QED) is 0.178. The van der Waals surface area contributed by atoms with Gasteiger partial charge in [0.05, 0.1) is 18.1 Å². The second-order valence-electron chi connectivity index (χ2n) is 12.3. The lowest BCUT2D eigenvalue weighted by atomic mass is 9.48. The second-order valence-corrected chi connectivity index (χ2v) is 14.2. The third-order valence-electron chi connectivity index (χ3n) is 9.80. The molecular weight excluding hydrogens is 712 g/mol. The van der Waals surface area contributed by atoms with E-state index in [9.17, 15) is 15.6 Å². The number of carbonyl (C=O) groups excluding carboxylic acids is 1. The van der Waals surface area contributed by atoms with E-state index in [1.807, 2.05) is 127 Å². The van der Waals surface area contributed by atoms with Gasteiger partial charge in [-0.15, -0.1) is 0 Å². The lowest BCUT2D eigenvalue weighted by Gasteiger charge is -2.53. The Morgan fingerprint density at radius 1 is 0.660 bits per heavy atom. The van der Waals surface area contributed by atoms with Gasteiger partial charge in [0, 0.05) is 26.3 Å². The fraction of sp³-hybridized carbons (Fsp3) is 0.146. The van der Waals surface area contributed by atoms with Crippen LogP contribution >= 0.6 is 31.9 Å². The van der Waals surface area contributed by atoms with E-state index in [1.165, 1.54) is 0 Å². The molecule has 0 heterocycles. The molecule has 0 bridgehead atoms. The summed E-state index contributed by atoms with van der Waals surface area (Å²) >= 11 is 7.17. The molecule has 228 valence electrons. The number of aliphatic hydroxyl groups is 1. The van der Waals surface area contributed by atoms with E-state index in [0.29, 0.717) is 16.7 Å². The maximum Gasteiger partial charge on any atom is 0.169 e. The van der Waals surface area contributed by atoms with Crippen molar-refractivity contribution in [3.8, 4) is 12.1 Å². The van der Waals surface area contributed by atoms with Gasteiger partial charge in [-0.2, -0.15) is 10.5 Å². The maximum absolute atomic E-state index is 15.2. The fourth-order valence-electron chi connectivity index (χ4n) is 7.58. The van der Waals surface area contributed by atoms with Crippen LogP contribution in [0.15, 0.2) is 142 Å². The van der Waals surface area contributed by atoms with Crippen molar-refractivity contribution in [2.24, 2.45) is 11.3 Å². The van der Waals surface area contributed by atoms with Gasteiger partial charge in [-0.25, -0.2) is 0 Å². The molecule has 0 radical (unpaired) electrons. The largest absolute Gasteiger partial charge is 0.384 e. The first kappa shape index (κ1) is 31.0. The highest BCUT2D eigenvalue weighted by Crippen LogP contribution is 2.63. The molecule has 4 nitrogen and oxygen atoms in total. The van der Waals surface area contributed by atoms with Crippen molar-refractivity contribution in [3.05, 3.63) is 165 Å². The molecule has 6 aromatic carbocycles. The van der Waals surface area contributed by atoms with Crippen LogP contribution in [-0.2, 0) is 5.60 Å². The van der Waals surface area contributed by atoms with E-state index in [0.717, 1.165) is 36.1 Å². The molecule has 0 aromatic heterocycles. The summed E-state index contributed by atoms with van der Waals surface area (Å²) in [5, 5.41) is 39.5. The highest BCUT2D eigenvalue weighted by atomic mass is 79.9. The molecule has 0 saturated heterocycles. The van der Waals surface area contributed by atoms with E-state index in [2.05, 4.69) is 44.0 Å². The summed E-state index contributed by atoms with van der Waals surface area (Å²) in [7, 11) is 0. The van der Waals surface area contributed by atoms with Crippen molar-refractivity contribution in [1.29, 1.82) is 10.5 Å². The summed E-state index contributed by atoms with van der Waals surface area (Å²) in [5.74, 6) is -3.24. The summed E-state index contributed by atoms with van der Waals surface area (Å²) in [4.78, 5) is 15.2. The number of nitriles is 2. The molecule has 0 amide bonds. The number of fused-ring (bicyclic) bond motifs is 2. The summed E-state index contributed by atoms with van der Waals surface area (Å²) in [6.45, 7) is 0. The predicted octanol–water partition coefficient (Wildman–Crippen LogP) is 10.2. The first-order valence-electron chi connectivity index (χ1n) is 15.4. The van der Waals surface area contributed by atoms with E-state index >= 15 is 4.79 Å².